The van der Waals surface area contributed by atoms with Gasteiger partial charge in [-0.05, 0) is 66.3 Å². The van der Waals surface area contributed by atoms with Crippen molar-refractivity contribution in [1.29, 1.82) is 5.26 Å². The summed E-state index contributed by atoms with van der Waals surface area (Å²) in [5.41, 5.74) is 12.7. The predicted molar refractivity (Wildman–Crippen MR) is 156 cm³/mol. The van der Waals surface area contributed by atoms with Crippen LogP contribution in [0.4, 0.5) is 5.69 Å². The number of fused-ring (bicyclic) bond motifs is 1. The number of nitriles is 1. The fraction of sp³-hybridized carbons (Fsp3) is 0.467. The van der Waals surface area contributed by atoms with Crippen molar-refractivity contribution in [3.63, 3.8) is 0 Å². The zero-order valence-corrected chi connectivity index (χ0v) is 23.3. The number of primary amides is 1. The van der Waals surface area contributed by atoms with Crippen molar-refractivity contribution >= 4 is 40.3 Å². The molecule has 0 bridgehead atoms. The molecule has 1 fully saturated rings. The maximum Gasteiger partial charge on any atom is 0.323 e. The van der Waals surface area contributed by atoms with Crippen LogP contribution >= 0.6 is 0 Å². The molecule has 1 saturated heterocycles. The van der Waals surface area contributed by atoms with E-state index in [0.717, 1.165) is 29.4 Å². The lowest BCUT2D eigenvalue weighted by Crippen LogP contribution is -2.34. The Hall–Kier alpha value is -3.98. The Morgan fingerprint density at radius 1 is 0.976 bits per heavy atom. The molecule has 1 aliphatic heterocycles. The van der Waals surface area contributed by atoms with Crippen LogP contribution in [0.15, 0.2) is 42.0 Å². The Morgan fingerprint density at radius 2 is 1.66 bits per heavy atom. The molecule has 5 N–H and O–H groups in total. The van der Waals surface area contributed by atoms with Gasteiger partial charge in [0.15, 0.2) is 0 Å². The van der Waals surface area contributed by atoms with E-state index in [0.29, 0.717) is 0 Å². The standard InChI is InChI=1S/C30H39N5O6/c31-21-25(19-22-4-5-24-20-26(7-6-23(24)18-22)35-11-2-1-3-12-35)29(37)34-10-13-39-14-15-40-16-17-41-30(38)27(32)8-9-28(33)36/h4-7,18-20,27H,1-3,8-17,32H2,(H2,33,36)(H,34,37)/b25-19+/t27-/m0/s1. The van der Waals surface area contributed by atoms with Crippen LogP contribution in [0.2, 0.25) is 0 Å². The summed E-state index contributed by atoms with van der Waals surface area (Å²) in [6, 6.07) is 13.4. The summed E-state index contributed by atoms with van der Waals surface area (Å²) in [4.78, 5) is 37.3. The molecular weight excluding hydrogens is 526 g/mol. The Bertz CT molecular complexity index is 1250. The first-order valence-corrected chi connectivity index (χ1v) is 13.9. The number of nitrogens with one attached hydrogen (secondary N) is 1. The van der Waals surface area contributed by atoms with Crippen LogP contribution in [0.25, 0.3) is 16.8 Å². The molecule has 2 aromatic rings. The molecule has 3 rings (SSSR count). The lowest BCUT2D eigenvalue weighted by atomic mass is 10.0. The molecule has 0 radical (unpaired) electrons. The molecule has 0 aromatic heterocycles. The minimum atomic E-state index is -0.900. The number of benzene rings is 2. The van der Waals surface area contributed by atoms with E-state index in [-0.39, 0.29) is 58.0 Å². The molecule has 1 aliphatic rings. The first-order chi connectivity index (χ1) is 19.9. The van der Waals surface area contributed by atoms with Gasteiger partial charge in [-0.3, -0.25) is 14.4 Å². The molecule has 11 nitrogen and oxygen atoms in total. The minimum Gasteiger partial charge on any atom is -0.462 e. The number of ether oxygens (including phenoxy) is 3. The van der Waals surface area contributed by atoms with Gasteiger partial charge in [-0.1, -0.05) is 18.2 Å². The third-order valence-corrected chi connectivity index (χ3v) is 6.63. The first-order valence-electron chi connectivity index (χ1n) is 13.9. The Morgan fingerprint density at radius 3 is 2.39 bits per heavy atom. The monoisotopic (exact) mass is 565 g/mol. The number of hydrogen-bond acceptors (Lipinski definition) is 9. The first kappa shape index (κ1) is 31.5. The molecule has 41 heavy (non-hydrogen) atoms. The summed E-state index contributed by atoms with van der Waals surface area (Å²) in [5, 5.41) is 14.4. The zero-order chi connectivity index (χ0) is 29.5. The van der Waals surface area contributed by atoms with Crippen molar-refractivity contribution in [2.45, 2.75) is 38.1 Å². The van der Waals surface area contributed by atoms with Gasteiger partial charge in [-0.25, -0.2) is 0 Å². The second-order valence-corrected chi connectivity index (χ2v) is 9.77. The largest absolute Gasteiger partial charge is 0.462 e. The van der Waals surface area contributed by atoms with Crippen molar-refractivity contribution in [2.24, 2.45) is 11.5 Å². The van der Waals surface area contributed by atoms with E-state index in [1.54, 1.807) is 6.08 Å². The van der Waals surface area contributed by atoms with Gasteiger partial charge in [0.1, 0.15) is 24.3 Å². The van der Waals surface area contributed by atoms with Crippen molar-refractivity contribution in [1.82, 2.24) is 5.32 Å². The summed E-state index contributed by atoms with van der Waals surface area (Å²) in [6.45, 7) is 3.39. The lowest BCUT2D eigenvalue weighted by Gasteiger charge is -2.29. The molecular formula is C30H39N5O6. The molecule has 11 heteroatoms. The minimum absolute atomic E-state index is 0.0153. The van der Waals surface area contributed by atoms with Gasteiger partial charge >= 0.3 is 5.97 Å². The number of amides is 2. The van der Waals surface area contributed by atoms with Crippen LogP contribution in [0.3, 0.4) is 0 Å². The Kier molecular flexibility index (Phi) is 13.1. The van der Waals surface area contributed by atoms with Crippen molar-refractivity contribution in [2.75, 3.05) is 57.6 Å². The number of hydrogen-bond donors (Lipinski definition) is 3. The average molecular weight is 566 g/mol. The van der Waals surface area contributed by atoms with E-state index in [1.165, 1.54) is 24.9 Å². The molecule has 0 saturated carbocycles. The number of rotatable bonds is 16. The highest BCUT2D eigenvalue weighted by molar-refractivity contribution is 6.02. The topological polar surface area (TPSA) is 170 Å². The van der Waals surface area contributed by atoms with Gasteiger partial charge < -0.3 is 35.9 Å². The molecule has 2 amide bonds. The van der Waals surface area contributed by atoms with Gasteiger partial charge in [0.05, 0.1) is 26.4 Å². The molecule has 1 atom stereocenters. The summed E-state index contributed by atoms with van der Waals surface area (Å²) in [7, 11) is 0. The third kappa shape index (κ3) is 10.8. The highest BCUT2D eigenvalue weighted by Crippen LogP contribution is 2.26. The molecule has 2 aromatic carbocycles. The van der Waals surface area contributed by atoms with Gasteiger partial charge in [0.25, 0.3) is 5.91 Å². The van der Waals surface area contributed by atoms with Gasteiger partial charge in [-0.15, -0.1) is 0 Å². The Labute approximate surface area is 240 Å². The van der Waals surface area contributed by atoms with E-state index < -0.39 is 23.8 Å². The van der Waals surface area contributed by atoms with Gasteiger partial charge in [0.2, 0.25) is 5.91 Å². The van der Waals surface area contributed by atoms with Crippen LogP contribution in [0.1, 0.15) is 37.7 Å². The van der Waals surface area contributed by atoms with Crippen LogP contribution in [0.5, 0.6) is 0 Å². The molecule has 1 heterocycles. The van der Waals surface area contributed by atoms with E-state index >= 15 is 0 Å². The summed E-state index contributed by atoms with van der Waals surface area (Å²) in [6.07, 6.45) is 5.47. The maximum absolute atomic E-state index is 12.5. The van der Waals surface area contributed by atoms with Gasteiger partial charge in [-0.2, -0.15) is 5.26 Å². The Balaban J connectivity index is 1.32. The smallest absolute Gasteiger partial charge is 0.323 e. The second kappa shape index (κ2) is 17.0. The number of carbonyl (C=O) groups is 3. The second-order valence-electron chi connectivity index (χ2n) is 9.77. The van der Waals surface area contributed by atoms with Gasteiger partial charge in [0, 0.05) is 31.7 Å². The molecule has 220 valence electrons. The van der Waals surface area contributed by atoms with Crippen LogP contribution in [-0.2, 0) is 28.6 Å². The highest BCUT2D eigenvalue weighted by Gasteiger charge is 2.16. The van der Waals surface area contributed by atoms with Crippen molar-refractivity contribution in [3.8, 4) is 6.07 Å². The van der Waals surface area contributed by atoms with Crippen LogP contribution in [-0.4, -0.2) is 76.5 Å². The fourth-order valence-electron chi connectivity index (χ4n) is 4.38. The normalized spacial score (nSPS) is 14.3. The number of anilines is 1. The van der Waals surface area contributed by atoms with E-state index in [2.05, 4.69) is 28.4 Å². The number of nitrogens with zero attached hydrogens (tertiary/aromatic N) is 2. The average Bonchev–Trinajstić information content (AvgIpc) is 2.99. The summed E-state index contributed by atoms with van der Waals surface area (Å²) >= 11 is 0. The number of carbonyl (C=O) groups excluding carboxylic acids is 3. The van der Waals surface area contributed by atoms with E-state index in [1.807, 2.05) is 24.3 Å². The van der Waals surface area contributed by atoms with Crippen LogP contribution < -0.4 is 21.7 Å². The van der Waals surface area contributed by atoms with E-state index in [4.69, 9.17) is 25.7 Å². The highest BCUT2D eigenvalue weighted by atomic mass is 16.6. The predicted octanol–water partition coefficient (Wildman–Crippen LogP) is 2.02. The SMILES string of the molecule is N#C/C(=C\c1ccc2cc(N3CCCCC3)ccc2c1)C(=O)NCCOCCOCCOC(=O)[C@@H](N)CCC(N)=O. The number of piperidine rings is 1. The molecule has 0 aliphatic carbocycles. The van der Waals surface area contributed by atoms with E-state index in [9.17, 15) is 19.6 Å². The van der Waals surface area contributed by atoms with Crippen LogP contribution in [0, 0.1) is 11.3 Å². The summed E-state index contributed by atoms with van der Waals surface area (Å²) < 4.78 is 15.7. The summed E-state index contributed by atoms with van der Waals surface area (Å²) in [5.74, 6) is -1.61. The quantitative estimate of drug-likeness (QED) is 0.119. The fourth-order valence-corrected chi connectivity index (χ4v) is 4.38. The van der Waals surface area contributed by atoms with Crippen molar-refractivity contribution in [3.05, 3.63) is 47.5 Å². The third-order valence-electron chi connectivity index (χ3n) is 6.63. The number of nitrogens with two attached hydrogens (primary N) is 2. The molecule has 0 unspecified atom stereocenters. The molecule has 0 spiro atoms. The number of esters is 1. The maximum atomic E-state index is 12.5. The van der Waals surface area contributed by atoms with Crippen molar-refractivity contribution < 1.29 is 28.6 Å². The zero-order valence-electron chi connectivity index (χ0n) is 23.3. The lowest BCUT2D eigenvalue weighted by molar-refractivity contribution is -0.147.